The van der Waals surface area contributed by atoms with Crippen molar-refractivity contribution in [3.63, 3.8) is 0 Å². The number of aryl methyl sites for hydroxylation is 2. The minimum absolute atomic E-state index is 1.03. The normalized spacial score (nSPS) is 15.5. The van der Waals surface area contributed by atoms with Gasteiger partial charge in [0.05, 0.1) is 0 Å². The van der Waals surface area contributed by atoms with E-state index in [9.17, 15) is 0 Å². The average molecular weight is 207 g/mol. The molecule has 3 rings (SSSR count). The third-order valence-electron chi connectivity index (χ3n) is 3.05. The van der Waals surface area contributed by atoms with Crippen molar-refractivity contribution >= 4 is 12.2 Å². The van der Waals surface area contributed by atoms with Gasteiger partial charge >= 0.3 is 0 Å². The molecule has 0 amide bonds. The van der Waals surface area contributed by atoms with Crippen molar-refractivity contribution in [2.24, 2.45) is 0 Å². The van der Waals surface area contributed by atoms with Crippen molar-refractivity contribution in [1.29, 1.82) is 0 Å². The maximum absolute atomic E-state index is 4.44. The Morgan fingerprint density at radius 1 is 0.812 bits per heavy atom. The van der Waals surface area contributed by atoms with Crippen LogP contribution >= 0.6 is 0 Å². The van der Waals surface area contributed by atoms with Gasteiger partial charge in [-0.05, 0) is 35.6 Å². The summed E-state index contributed by atoms with van der Waals surface area (Å²) in [5.41, 5.74) is 5.19. The van der Waals surface area contributed by atoms with Gasteiger partial charge in [-0.1, -0.05) is 42.5 Å². The van der Waals surface area contributed by atoms with Crippen LogP contribution in [0.3, 0.4) is 0 Å². The molecule has 0 spiro atoms. The smallest absolute Gasteiger partial charge is 0.0479 e. The molecule has 0 fully saturated rings. The van der Waals surface area contributed by atoms with Crippen LogP contribution in [-0.4, -0.2) is 4.98 Å². The first-order chi connectivity index (χ1) is 7.93. The Bertz CT molecular complexity index is 491. The molecule has 1 aliphatic rings. The lowest BCUT2D eigenvalue weighted by Crippen LogP contribution is -2.00. The van der Waals surface area contributed by atoms with Crippen molar-refractivity contribution < 1.29 is 0 Å². The second-order valence-corrected chi connectivity index (χ2v) is 4.07. The summed E-state index contributed by atoms with van der Waals surface area (Å²) >= 11 is 0. The molecule has 1 aromatic heterocycles. The van der Waals surface area contributed by atoms with E-state index in [4.69, 9.17) is 0 Å². The lowest BCUT2D eigenvalue weighted by Gasteiger charge is -2.11. The Kier molecular flexibility index (Phi) is 2.30. The molecule has 1 heterocycles. The lowest BCUT2D eigenvalue weighted by atomic mass is 9.96. The topological polar surface area (TPSA) is 12.9 Å². The van der Waals surface area contributed by atoms with Gasteiger partial charge in [-0.15, -0.1) is 0 Å². The number of fused-ring (bicyclic) bond motifs is 2. The zero-order valence-electron chi connectivity index (χ0n) is 9.06. The van der Waals surface area contributed by atoms with E-state index in [0.29, 0.717) is 0 Å². The molecule has 1 aliphatic carbocycles. The number of aromatic nitrogens is 1. The van der Waals surface area contributed by atoms with Gasteiger partial charge < -0.3 is 0 Å². The van der Waals surface area contributed by atoms with Crippen molar-refractivity contribution in [1.82, 2.24) is 4.98 Å². The van der Waals surface area contributed by atoms with Crippen LogP contribution in [0.2, 0.25) is 0 Å². The predicted octanol–water partition coefficient (Wildman–Crippen LogP) is 3.35. The van der Waals surface area contributed by atoms with Crippen LogP contribution in [0.15, 0.2) is 42.6 Å². The number of rotatable bonds is 0. The standard InChI is InChI=1S/C15H13N/c1-2-5-13-9-10-15-14(6-3-11-16-15)8-7-12(13)4-1/h1-8,11H,9-10H2/b8-7-. The molecule has 2 aromatic rings. The summed E-state index contributed by atoms with van der Waals surface area (Å²) in [6.45, 7) is 0. The summed E-state index contributed by atoms with van der Waals surface area (Å²) in [6, 6.07) is 12.7. The van der Waals surface area contributed by atoms with Crippen molar-refractivity contribution in [2.45, 2.75) is 12.8 Å². The molecule has 0 unspecified atom stereocenters. The fourth-order valence-electron chi connectivity index (χ4n) is 2.17. The SMILES string of the molecule is C1=C\c2cccnc2CCc2ccccc2/1. The van der Waals surface area contributed by atoms with E-state index in [2.05, 4.69) is 47.5 Å². The summed E-state index contributed by atoms with van der Waals surface area (Å²) in [5, 5.41) is 0. The highest BCUT2D eigenvalue weighted by atomic mass is 14.7. The van der Waals surface area contributed by atoms with E-state index in [0.717, 1.165) is 12.8 Å². The molecule has 0 radical (unpaired) electrons. The van der Waals surface area contributed by atoms with Gasteiger partial charge in [-0.3, -0.25) is 4.98 Å². The van der Waals surface area contributed by atoms with Crippen molar-refractivity contribution in [3.8, 4) is 0 Å². The molecule has 16 heavy (non-hydrogen) atoms. The molecule has 0 aliphatic heterocycles. The van der Waals surface area contributed by atoms with Gasteiger partial charge in [0.25, 0.3) is 0 Å². The van der Waals surface area contributed by atoms with Gasteiger partial charge in [0, 0.05) is 11.9 Å². The minimum atomic E-state index is 1.03. The Morgan fingerprint density at radius 2 is 1.62 bits per heavy atom. The summed E-state index contributed by atoms with van der Waals surface area (Å²) < 4.78 is 0. The van der Waals surface area contributed by atoms with Crippen LogP contribution in [0.25, 0.3) is 12.2 Å². The molecular formula is C15H13N. The second kappa shape index (κ2) is 3.93. The van der Waals surface area contributed by atoms with Gasteiger partial charge in [0.2, 0.25) is 0 Å². The summed E-state index contributed by atoms with van der Waals surface area (Å²) in [4.78, 5) is 4.44. The maximum atomic E-state index is 4.44. The van der Waals surface area contributed by atoms with Crippen LogP contribution < -0.4 is 0 Å². The third kappa shape index (κ3) is 1.65. The predicted molar refractivity (Wildman–Crippen MR) is 67.0 cm³/mol. The first-order valence-electron chi connectivity index (χ1n) is 5.63. The highest BCUT2D eigenvalue weighted by Crippen LogP contribution is 2.20. The third-order valence-corrected chi connectivity index (χ3v) is 3.05. The van der Waals surface area contributed by atoms with Gasteiger partial charge in [0.1, 0.15) is 0 Å². The van der Waals surface area contributed by atoms with E-state index in [1.807, 2.05) is 12.3 Å². The first-order valence-corrected chi connectivity index (χ1v) is 5.63. The fourth-order valence-corrected chi connectivity index (χ4v) is 2.17. The Balaban J connectivity index is 2.10. The highest BCUT2D eigenvalue weighted by molar-refractivity contribution is 5.72. The van der Waals surface area contributed by atoms with Crippen LogP contribution in [0.5, 0.6) is 0 Å². The molecule has 1 nitrogen and oxygen atoms in total. The average Bonchev–Trinajstić information content (AvgIpc) is 2.32. The van der Waals surface area contributed by atoms with E-state index in [1.54, 1.807) is 0 Å². The number of hydrogen-bond donors (Lipinski definition) is 0. The molecule has 0 atom stereocenters. The first kappa shape index (κ1) is 9.34. The molecule has 78 valence electrons. The Labute approximate surface area is 95.5 Å². The quantitative estimate of drug-likeness (QED) is 0.645. The molecule has 1 aromatic carbocycles. The van der Waals surface area contributed by atoms with Crippen LogP contribution in [0, 0.1) is 0 Å². The van der Waals surface area contributed by atoms with Gasteiger partial charge in [0.15, 0.2) is 0 Å². The second-order valence-electron chi connectivity index (χ2n) is 4.07. The molecule has 0 bridgehead atoms. The summed E-state index contributed by atoms with van der Waals surface area (Å²) in [7, 11) is 0. The van der Waals surface area contributed by atoms with Crippen LogP contribution in [-0.2, 0) is 12.8 Å². The fraction of sp³-hybridized carbons (Fsp3) is 0.133. The maximum Gasteiger partial charge on any atom is 0.0479 e. The largest absolute Gasteiger partial charge is 0.261 e. The molecule has 1 heteroatoms. The molecule has 0 N–H and O–H groups in total. The van der Waals surface area contributed by atoms with Crippen molar-refractivity contribution in [2.75, 3.05) is 0 Å². The zero-order chi connectivity index (χ0) is 10.8. The number of pyridine rings is 1. The number of hydrogen-bond acceptors (Lipinski definition) is 1. The highest BCUT2D eigenvalue weighted by Gasteiger charge is 2.06. The number of benzene rings is 1. The summed E-state index contributed by atoms with van der Waals surface area (Å²) in [6.07, 6.45) is 8.33. The minimum Gasteiger partial charge on any atom is -0.261 e. The molecular weight excluding hydrogens is 194 g/mol. The molecule has 0 saturated heterocycles. The van der Waals surface area contributed by atoms with Gasteiger partial charge in [-0.2, -0.15) is 0 Å². The lowest BCUT2D eigenvalue weighted by molar-refractivity contribution is 0.906. The van der Waals surface area contributed by atoms with E-state index < -0.39 is 0 Å². The van der Waals surface area contributed by atoms with E-state index in [1.165, 1.54) is 22.4 Å². The monoisotopic (exact) mass is 207 g/mol. The number of nitrogens with zero attached hydrogens (tertiary/aromatic N) is 1. The van der Waals surface area contributed by atoms with Crippen LogP contribution in [0.1, 0.15) is 22.4 Å². The van der Waals surface area contributed by atoms with Crippen LogP contribution in [0.4, 0.5) is 0 Å². The molecule has 0 saturated carbocycles. The van der Waals surface area contributed by atoms with Crippen molar-refractivity contribution in [3.05, 3.63) is 65.0 Å². The van der Waals surface area contributed by atoms with E-state index in [-0.39, 0.29) is 0 Å². The van der Waals surface area contributed by atoms with E-state index >= 15 is 0 Å². The zero-order valence-corrected chi connectivity index (χ0v) is 9.06. The van der Waals surface area contributed by atoms with Gasteiger partial charge in [-0.25, -0.2) is 0 Å². The Morgan fingerprint density at radius 3 is 2.62 bits per heavy atom. The Hall–Kier alpha value is -1.89. The summed E-state index contributed by atoms with van der Waals surface area (Å²) in [5.74, 6) is 0.